The number of hydrogen-bond acceptors (Lipinski definition) is 5. The van der Waals surface area contributed by atoms with Crippen molar-refractivity contribution < 1.29 is 14.7 Å². The van der Waals surface area contributed by atoms with Gasteiger partial charge >= 0.3 is 5.97 Å². The molecule has 1 saturated carbocycles. The highest BCUT2D eigenvalue weighted by Crippen LogP contribution is 2.51. The Kier molecular flexibility index (Phi) is 5.88. The van der Waals surface area contributed by atoms with Gasteiger partial charge in [-0.05, 0) is 59.5 Å². The summed E-state index contributed by atoms with van der Waals surface area (Å²) in [6.45, 7) is 7.92. The van der Waals surface area contributed by atoms with E-state index in [1.807, 2.05) is 6.08 Å². The van der Waals surface area contributed by atoms with E-state index < -0.39 is 5.97 Å². The summed E-state index contributed by atoms with van der Waals surface area (Å²) in [4.78, 5) is 21.4. The van der Waals surface area contributed by atoms with Gasteiger partial charge in [-0.1, -0.05) is 49.4 Å². The Balaban J connectivity index is 1.09. The molecule has 2 aliphatic carbocycles. The molecule has 5 nitrogen and oxygen atoms in total. The minimum absolute atomic E-state index is 0.160. The monoisotopic (exact) mass is 492 g/mol. The van der Waals surface area contributed by atoms with Crippen LogP contribution in [0.5, 0.6) is 0 Å². The van der Waals surface area contributed by atoms with Crippen LogP contribution in [0.25, 0.3) is 0 Å². The summed E-state index contributed by atoms with van der Waals surface area (Å²) in [7, 11) is 0. The number of likely N-dealkylation sites (tertiary alicyclic amines) is 1. The van der Waals surface area contributed by atoms with Crippen molar-refractivity contribution in [2.45, 2.75) is 87.2 Å². The maximum absolute atomic E-state index is 11.2. The van der Waals surface area contributed by atoms with Crippen LogP contribution in [0.2, 0.25) is 0 Å². The molecular weight excluding hydrogens is 456 g/mol. The van der Waals surface area contributed by atoms with Crippen LogP contribution in [0.4, 0.5) is 0 Å². The zero-order chi connectivity index (χ0) is 24.2. The van der Waals surface area contributed by atoms with E-state index in [2.05, 4.69) is 47.8 Å². The highest BCUT2D eigenvalue weighted by atomic mass is 32.2. The lowest BCUT2D eigenvalue weighted by Crippen LogP contribution is -2.44. The highest BCUT2D eigenvalue weighted by Gasteiger charge is 2.43. The van der Waals surface area contributed by atoms with Crippen LogP contribution in [0, 0.1) is 5.92 Å². The molecule has 6 heteroatoms. The molecule has 3 aliphatic heterocycles. The third-order valence-corrected chi connectivity index (χ3v) is 9.86. The fourth-order valence-electron chi connectivity index (χ4n) is 6.13. The molecule has 1 atom stereocenters. The molecule has 1 saturated heterocycles. The predicted octanol–water partition coefficient (Wildman–Crippen LogP) is 6.04. The summed E-state index contributed by atoms with van der Waals surface area (Å²) in [5.41, 5.74) is 6.22. The molecule has 3 heterocycles. The van der Waals surface area contributed by atoms with Crippen molar-refractivity contribution in [3.63, 3.8) is 0 Å². The molecule has 35 heavy (non-hydrogen) atoms. The summed E-state index contributed by atoms with van der Waals surface area (Å²) in [5, 5.41) is 13.7. The number of fused-ring (bicyclic) bond motifs is 1. The number of aliphatic carboxylic acids is 1. The van der Waals surface area contributed by atoms with E-state index in [4.69, 9.17) is 9.94 Å². The number of piperidine rings is 1. The van der Waals surface area contributed by atoms with Gasteiger partial charge in [0.15, 0.2) is 0 Å². The highest BCUT2D eigenvalue weighted by molar-refractivity contribution is 7.99. The first-order valence-electron chi connectivity index (χ1n) is 13.2. The second-order valence-corrected chi connectivity index (χ2v) is 12.9. The van der Waals surface area contributed by atoms with Crippen LogP contribution >= 0.6 is 11.8 Å². The molecule has 1 aromatic carbocycles. The lowest BCUT2D eigenvalue weighted by atomic mass is 9.79. The number of nitrogens with zero attached hydrogens (tertiary/aromatic N) is 2. The Bertz CT molecular complexity index is 1120. The quantitative estimate of drug-likeness (QED) is 0.543. The SMILES string of the molecule is CC1(C)CCSc2c(C3CC3)cc(CN3CCC4(CC3)CC(C3C=CC(C(=O)O)=CC3)=NO4)cc21. The van der Waals surface area contributed by atoms with E-state index in [9.17, 15) is 4.79 Å². The zero-order valence-electron chi connectivity index (χ0n) is 20.9. The summed E-state index contributed by atoms with van der Waals surface area (Å²) in [6.07, 6.45) is 13.0. The van der Waals surface area contributed by atoms with Gasteiger partial charge in [-0.3, -0.25) is 4.90 Å². The summed E-state index contributed by atoms with van der Waals surface area (Å²) in [6, 6.07) is 5.04. The largest absolute Gasteiger partial charge is 0.478 e. The first-order valence-corrected chi connectivity index (χ1v) is 14.2. The summed E-state index contributed by atoms with van der Waals surface area (Å²) in [5.74, 6) is 1.32. The Labute approximate surface area is 212 Å². The lowest BCUT2D eigenvalue weighted by molar-refractivity contribution is -0.132. The zero-order valence-corrected chi connectivity index (χ0v) is 21.7. The average Bonchev–Trinajstić information content (AvgIpc) is 3.61. The standard InChI is InChI=1S/C29H36N2O3S/c1-28(2)11-14-35-26-23(20-3-4-20)15-19(16-24(26)28)18-31-12-9-29(10-13-31)17-25(30-34-29)21-5-7-22(8-6-21)27(32)33/h5,7-8,15-16,20-21H,3-4,6,9-14,17-18H2,1-2H3,(H,32,33). The number of carboxylic acid groups (broad SMARTS) is 1. The van der Waals surface area contributed by atoms with Crippen molar-refractivity contribution in [1.82, 2.24) is 4.90 Å². The van der Waals surface area contributed by atoms with Crippen LogP contribution in [-0.2, 0) is 21.6 Å². The van der Waals surface area contributed by atoms with Gasteiger partial charge in [0.1, 0.15) is 5.60 Å². The maximum Gasteiger partial charge on any atom is 0.335 e. The number of thioether (sulfide) groups is 1. The van der Waals surface area contributed by atoms with E-state index in [1.54, 1.807) is 28.2 Å². The summed E-state index contributed by atoms with van der Waals surface area (Å²) >= 11 is 2.09. The van der Waals surface area contributed by atoms with E-state index in [0.717, 1.165) is 50.5 Å². The van der Waals surface area contributed by atoms with E-state index in [1.165, 1.54) is 30.6 Å². The molecule has 186 valence electrons. The van der Waals surface area contributed by atoms with Crippen molar-refractivity contribution in [3.8, 4) is 0 Å². The maximum atomic E-state index is 11.2. The number of carbonyl (C=O) groups is 1. The number of oxime groups is 1. The van der Waals surface area contributed by atoms with Gasteiger partial charge in [0.2, 0.25) is 0 Å². The van der Waals surface area contributed by atoms with E-state index >= 15 is 0 Å². The van der Waals surface area contributed by atoms with Crippen LogP contribution in [0.3, 0.4) is 0 Å². The van der Waals surface area contributed by atoms with Gasteiger partial charge in [-0.2, -0.15) is 0 Å². The number of hydrogen-bond donors (Lipinski definition) is 1. The van der Waals surface area contributed by atoms with Crippen molar-refractivity contribution in [1.29, 1.82) is 0 Å². The van der Waals surface area contributed by atoms with Crippen molar-refractivity contribution >= 4 is 23.4 Å². The molecule has 1 unspecified atom stereocenters. The number of carboxylic acids is 1. The molecule has 1 aromatic rings. The van der Waals surface area contributed by atoms with Crippen molar-refractivity contribution in [3.05, 3.63) is 52.6 Å². The minimum Gasteiger partial charge on any atom is -0.478 e. The van der Waals surface area contributed by atoms with Gasteiger partial charge in [0.05, 0.1) is 11.3 Å². The Hall–Kier alpha value is -2.05. The molecule has 0 bridgehead atoms. The predicted molar refractivity (Wildman–Crippen MR) is 140 cm³/mol. The van der Waals surface area contributed by atoms with Crippen LogP contribution in [0.15, 0.2) is 46.0 Å². The molecule has 2 fully saturated rings. The molecule has 0 radical (unpaired) electrons. The first kappa shape index (κ1) is 23.4. The topological polar surface area (TPSA) is 62.1 Å². The third-order valence-electron chi connectivity index (χ3n) is 8.71. The lowest BCUT2D eigenvalue weighted by Gasteiger charge is -2.38. The Morgan fingerprint density at radius 2 is 2.03 bits per heavy atom. The number of allylic oxidation sites excluding steroid dienone is 2. The smallest absolute Gasteiger partial charge is 0.335 e. The molecule has 1 N–H and O–H groups in total. The fraction of sp³-hybridized carbons (Fsp3) is 0.586. The minimum atomic E-state index is -0.862. The summed E-state index contributed by atoms with van der Waals surface area (Å²) < 4.78 is 0. The fourth-order valence-corrected chi connectivity index (χ4v) is 7.83. The Morgan fingerprint density at radius 1 is 1.23 bits per heavy atom. The molecule has 0 amide bonds. The van der Waals surface area contributed by atoms with Crippen LogP contribution in [-0.4, -0.2) is 46.1 Å². The third kappa shape index (κ3) is 4.60. The molecular formula is C29H36N2O3S. The normalized spacial score (nSPS) is 27.2. The second kappa shape index (κ2) is 8.81. The van der Waals surface area contributed by atoms with E-state index in [-0.39, 0.29) is 16.9 Å². The van der Waals surface area contributed by atoms with Crippen LogP contribution < -0.4 is 0 Å². The average molecular weight is 493 g/mol. The van der Waals surface area contributed by atoms with Crippen LogP contribution in [0.1, 0.15) is 81.4 Å². The van der Waals surface area contributed by atoms with Gasteiger partial charge in [-0.15, -0.1) is 11.8 Å². The van der Waals surface area contributed by atoms with Crippen molar-refractivity contribution in [2.75, 3.05) is 18.8 Å². The number of rotatable bonds is 5. The molecule has 5 aliphatic rings. The first-order chi connectivity index (χ1) is 16.8. The molecule has 6 rings (SSSR count). The van der Waals surface area contributed by atoms with Gasteiger partial charge in [0, 0.05) is 49.7 Å². The molecule has 1 spiro atoms. The second-order valence-electron chi connectivity index (χ2n) is 11.8. The Morgan fingerprint density at radius 3 is 2.71 bits per heavy atom. The van der Waals surface area contributed by atoms with E-state index in [0.29, 0.717) is 12.0 Å². The van der Waals surface area contributed by atoms with Gasteiger partial charge < -0.3 is 9.94 Å². The van der Waals surface area contributed by atoms with Gasteiger partial charge in [-0.25, -0.2) is 4.79 Å². The van der Waals surface area contributed by atoms with Crippen molar-refractivity contribution in [2.24, 2.45) is 11.1 Å². The number of benzene rings is 1. The van der Waals surface area contributed by atoms with Gasteiger partial charge in [0.25, 0.3) is 0 Å². The molecule has 0 aromatic heterocycles.